The Kier molecular flexibility index (Phi) is 6.21. The SMILES string of the molecule is Cc1cc(C)n2nc(CC(=O)NC(Cc3ccccc3)C(=O)Nc3ccccc3)nc2n1. The van der Waals surface area contributed by atoms with Crippen LogP contribution in [-0.2, 0) is 22.4 Å². The Bertz CT molecular complexity index is 1240. The molecule has 1 atom stereocenters. The summed E-state index contributed by atoms with van der Waals surface area (Å²) >= 11 is 0. The summed E-state index contributed by atoms with van der Waals surface area (Å²) in [5.41, 5.74) is 3.33. The number of nitrogens with one attached hydrogen (secondary N) is 2. The van der Waals surface area contributed by atoms with Crippen LogP contribution in [0.25, 0.3) is 5.78 Å². The molecule has 0 saturated carbocycles. The Morgan fingerprint density at radius 1 is 0.969 bits per heavy atom. The molecule has 0 spiro atoms. The quantitative estimate of drug-likeness (QED) is 0.471. The molecule has 2 aromatic carbocycles. The molecule has 8 nitrogen and oxygen atoms in total. The number of carbonyl (C=O) groups excluding carboxylic acids is 2. The second-order valence-electron chi connectivity index (χ2n) is 7.62. The van der Waals surface area contributed by atoms with Gasteiger partial charge < -0.3 is 10.6 Å². The van der Waals surface area contributed by atoms with E-state index in [2.05, 4.69) is 25.7 Å². The van der Waals surface area contributed by atoms with Gasteiger partial charge in [-0.15, -0.1) is 5.10 Å². The molecular formula is C24H24N6O2. The lowest BCUT2D eigenvalue weighted by Gasteiger charge is -2.18. The zero-order valence-electron chi connectivity index (χ0n) is 17.9. The largest absolute Gasteiger partial charge is 0.344 e. The van der Waals surface area contributed by atoms with Crippen molar-refractivity contribution in [1.29, 1.82) is 0 Å². The third-order valence-electron chi connectivity index (χ3n) is 4.96. The summed E-state index contributed by atoms with van der Waals surface area (Å²) in [6.07, 6.45) is 0.315. The van der Waals surface area contributed by atoms with E-state index in [0.29, 0.717) is 23.7 Å². The Morgan fingerprint density at radius 2 is 1.66 bits per heavy atom. The second-order valence-corrected chi connectivity index (χ2v) is 7.62. The topological polar surface area (TPSA) is 101 Å². The van der Waals surface area contributed by atoms with Gasteiger partial charge in [0.25, 0.3) is 5.78 Å². The molecule has 32 heavy (non-hydrogen) atoms. The van der Waals surface area contributed by atoms with Crippen LogP contribution >= 0.6 is 0 Å². The lowest BCUT2D eigenvalue weighted by Crippen LogP contribution is -2.45. The van der Waals surface area contributed by atoms with E-state index >= 15 is 0 Å². The minimum absolute atomic E-state index is 0.0498. The molecule has 0 aliphatic heterocycles. The minimum Gasteiger partial charge on any atom is -0.344 e. The summed E-state index contributed by atoms with van der Waals surface area (Å²) in [6.45, 7) is 3.79. The van der Waals surface area contributed by atoms with Crippen molar-refractivity contribution in [3.8, 4) is 0 Å². The molecule has 1 unspecified atom stereocenters. The number of para-hydroxylation sites is 1. The van der Waals surface area contributed by atoms with Crippen molar-refractivity contribution in [2.24, 2.45) is 0 Å². The Balaban J connectivity index is 1.50. The van der Waals surface area contributed by atoms with Crippen molar-refractivity contribution in [1.82, 2.24) is 24.9 Å². The molecule has 162 valence electrons. The molecular weight excluding hydrogens is 404 g/mol. The lowest BCUT2D eigenvalue weighted by atomic mass is 10.0. The molecule has 2 amide bonds. The van der Waals surface area contributed by atoms with E-state index < -0.39 is 6.04 Å². The zero-order chi connectivity index (χ0) is 22.5. The highest BCUT2D eigenvalue weighted by molar-refractivity contribution is 5.97. The van der Waals surface area contributed by atoms with Gasteiger partial charge in [0, 0.05) is 23.5 Å². The summed E-state index contributed by atoms with van der Waals surface area (Å²) in [7, 11) is 0. The van der Waals surface area contributed by atoms with E-state index in [1.165, 1.54) is 0 Å². The maximum atomic E-state index is 13.0. The van der Waals surface area contributed by atoms with Crippen LogP contribution in [0.5, 0.6) is 0 Å². The van der Waals surface area contributed by atoms with Gasteiger partial charge in [-0.3, -0.25) is 9.59 Å². The van der Waals surface area contributed by atoms with Gasteiger partial charge in [-0.05, 0) is 37.6 Å². The summed E-state index contributed by atoms with van der Waals surface area (Å²) in [5.74, 6) is 0.183. The van der Waals surface area contributed by atoms with Crippen molar-refractivity contribution in [2.75, 3.05) is 5.32 Å². The standard InChI is InChI=1S/C24H24N6O2/c1-16-13-17(2)30-24(25-16)28-21(29-30)15-22(31)27-20(14-18-9-5-3-6-10-18)23(32)26-19-11-7-4-8-12-19/h3-13,20H,14-15H2,1-2H3,(H,26,32)(H,27,31). The predicted octanol–water partition coefficient (Wildman–Crippen LogP) is 2.65. The van der Waals surface area contributed by atoms with Gasteiger partial charge in [0.05, 0.1) is 6.42 Å². The predicted molar refractivity (Wildman–Crippen MR) is 121 cm³/mol. The van der Waals surface area contributed by atoms with E-state index in [9.17, 15) is 9.59 Å². The van der Waals surface area contributed by atoms with E-state index in [0.717, 1.165) is 17.0 Å². The highest BCUT2D eigenvalue weighted by atomic mass is 16.2. The molecule has 0 radical (unpaired) electrons. The monoisotopic (exact) mass is 428 g/mol. The molecule has 8 heteroatoms. The molecule has 4 aromatic rings. The fraction of sp³-hybridized carbons (Fsp3) is 0.208. The minimum atomic E-state index is -0.746. The summed E-state index contributed by atoms with van der Waals surface area (Å²) in [6, 6.07) is 19.9. The average molecular weight is 428 g/mol. The molecule has 2 N–H and O–H groups in total. The summed E-state index contributed by atoms with van der Waals surface area (Å²) in [5, 5.41) is 10.1. The first-order valence-corrected chi connectivity index (χ1v) is 10.4. The van der Waals surface area contributed by atoms with E-state index in [-0.39, 0.29) is 18.2 Å². The number of aromatic nitrogens is 4. The van der Waals surface area contributed by atoms with Gasteiger partial charge in [0.15, 0.2) is 5.82 Å². The van der Waals surface area contributed by atoms with Gasteiger partial charge in [0.1, 0.15) is 6.04 Å². The maximum absolute atomic E-state index is 13.0. The molecule has 2 aromatic heterocycles. The number of nitrogens with zero attached hydrogens (tertiary/aromatic N) is 4. The molecule has 0 aliphatic rings. The number of hydrogen-bond donors (Lipinski definition) is 2. The van der Waals surface area contributed by atoms with Crippen LogP contribution in [0.4, 0.5) is 5.69 Å². The highest BCUT2D eigenvalue weighted by Crippen LogP contribution is 2.10. The summed E-state index contributed by atoms with van der Waals surface area (Å²) in [4.78, 5) is 34.5. The third-order valence-corrected chi connectivity index (χ3v) is 4.96. The Hall–Kier alpha value is -4.07. The normalized spacial score (nSPS) is 11.8. The van der Waals surface area contributed by atoms with Crippen molar-refractivity contribution in [2.45, 2.75) is 32.7 Å². The number of rotatable bonds is 7. The van der Waals surface area contributed by atoms with Crippen LogP contribution in [-0.4, -0.2) is 37.4 Å². The fourth-order valence-corrected chi connectivity index (χ4v) is 3.48. The van der Waals surface area contributed by atoms with Gasteiger partial charge in [-0.2, -0.15) is 4.98 Å². The number of amides is 2. The molecule has 0 aliphatic carbocycles. The van der Waals surface area contributed by atoms with E-state index in [1.807, 2.05) is 68.4 Å². The first kappa shape index (κ1) is 21.2. The van der Waals surface area contributed by atoms with Crippen molar-refractivity contribution < 1.29 is 9.59 Å². The number of hydrogen-bond acceptors (Lipinski definition) is 5. The van der Waals surface area contributed by atoms with Gasteiger partial charge in [-0.1, -0.05) is 48.5 Å². The molecule has 2 heterocycles. The number of aryl methyl sites for hydroxylation is 2. The zero-order valence-corrected chi connectivity index (χ0v) is 17.9. The van der Waals surface area contributed by atoms with Crippen molar-refractivity contribution in [3.63, 3.8) is 0 Å². The van der Waals surface area contributed by atoms with Crippen LogP contribution < -0.4 is 10.6 Å². The average Bonchev–Trinajstić information content (AvgIpc) is 3.17. The number of anilines is 1. The van der Waals surface area contributed by atoms with Crippen LogP contribution in [0, 0.1) is 13.8 Å². The molecule has 0 saturated heterocycles. The molecule has 4 rings (SSSR count). The first-order valence-electron chi connectivity index (χ1n) is 10.4. The number of fused-ring (bicyclic) bond motifs is 1. The Morgan fingerprint density at radius 3 is 2.38 bits per heavy atom. The van der Waals surface area contributed by atoms with E-state index in [1.54, 1.807) is 16.6 Å². The Labute approximate surface area is 185 Å². The van der Waals surface area contributed by atoms with Gasteiger partial charge >= 0.3 is 0 Å². The van der Waals surface area contributed by atoms with Crippen LogP contribution in [0.3, 0.4) is 0 Å². The maximum Gasteiger partial charge on any atom is 0.252 e. The first-order chi connectivity index (χ1) is 15.5. The lowest BCUT2D eigenvalue weighted by molar-refractivity contribution is -0.126. The van der Waals surface area contributed by atoms with Crippen LogP contribution in [0.15, 0.2) is 66.7 Å². The second kappa shape index (κ2) is 9.38. The van der Waals surface area contributed by atoms with Crippen molar-refractivity contribution >= 4 is 23.3 Å². The number of benzene rings is 2. The van der Waals surface area contributed by atoms with Gasteiger partial charge in [0.2, 0.25) is 11.8 Å². The van der Waals surface area contributed by atoms with Gasteiger partial charge in [-0.25, -0.2) is 9.50 Å². The smallest absolute Gasteiger partial charge is 0.252 e. The highest BCUT2D eigenvalue weighted by Gasteiger charge is 2.22. The fourth-order valence-electron chi connectivity index (χ4n) is 3.48. The molecule has 0 bridgehead atoms. The van der Waals surface area contributed by atoms with Crippen LogP contribution in [0.1, 0.15) is 22.8 Å². The van der Waals surface area contributed by atoms with Crippen LogP contribution in [0.2, 0.25) is 0 Å². The third kappa shape index (κ3) is 5.15. The number of carbonyl (C=O) groups is 2. The molecule has 0 fully saturated rings. The van der Waals surface area contributed by atoms with Crippen molar-refractivity contribution in [3.05, 3.63) is 89.5 Å². The van der Waals surface area contributed by atoms with E-state index in [4.69, 9.17) is 0 Å². The summed E-state index contributed by atoms with van der Waals surface area (Å²) < 4.78 is 1.61.